The Hall–Kier alpha value is -0.670. The maximum atomic E-state index is 11.8. The van der Waals surface area contributed by atoms with E-state index < -0.39 is 0 Å². The number of ether oxygens (including phenoxy) is 2. The molecule has 1 aromatic heterocycles. The number of aromatic nitrogens is 2. The van der Waals surface area contributed by atoms with Crippen molar-refractivity contribution in [2.45, 2.75) is 13.0 Å². The van der Waals surface area contributed by atoms with Gasteiger partial charge in [0.05, 0.1) is 29.0 Å². The Labute approximate surface area is 114 Å². The van der Waals surface area contributed by atoms with Gasteiger partial charge in [0.15, 0.2) is 5.69 Å². The van der Waals surface area contributed by atoms with Crippen LogP contribution in [-0.2, 0) is 9.47 Å². The Morgan fingerprint density at radius 3 is 2.94 bits per heavy atom. The molecule has 0 amide bonds. The van der Waals surface area contributed by atoms with Gasteiger partial charge in [-0.15, -0.1) is 0 Å². The van der Waals surface area contributed by atoms with E-state index in [4.69, 9.17) is 15.2 Å². The summed E-state index contributed by atoms with van der Waals surface area (Å²) >= 11 is 2.05. The van der Waals surface area contributed by atoms with Crippen LogP contribution in [0.3, 0.4) is 0 Å². The number of carbonyl (C=O) groups is 1. The van der Waals surface area contributed by atoms with E-state index in [1.54, 1.807) is 24.9 Å². The largest absolute Gasteiger partial charge is 0.461 e. The predicted molar refractivity (Wildman–Crippen MR) is 70.9 cm³/mol. The van der Waals surface area contributed by atoms with Gasteiger partial charge in [0.1, 0.15) is 0 Å². The minimum Gasteiger partial charge on any atom is -0.461 e. The number of nitrogens with zero attached hydrogens (tertiary/aromatic N) is 2. The van der Waals surface area contributed by atoms with Crippen LogP contribution in [0.2, 0.25) is 0 Å². The third-order valence-electron chi connectivity index (χ3n) is 2.20. The third kappa shape index (κ3) is 3.39. The Morgan fingerprint density at radius 2 is 2.41 bits per heavy atom. The molecule has 0 aromatic carbocycles. The molecule has 1 unspecified atom stereocenters. The fourth-order valence-electron chi connectivity index (χ4n) is 1.44. The molecule has 0 aliphatic rings. The maximum absolute atomic E-state index is 11.8. The molecule has 6 nitrogen and oxygen atoms in total. The Balaban J connectivity index is 3.03. The summed E-state index contributed by atoms with van der Waals surface area (Å²) in [7, 11) is 1.58. The van der Waals surface area contributed by atoms with Crippen LogP contribution in [0.1, 0.15) is 23.5 Å². The fourth-order valence-corrected chi connectivity index (χ4v) is 2.03. The molecule has 0 radical (unpaired) electrons. The van der Waals surface area contributed by atoms with Crippen molar-refractivity contribution in [1.29, 1.82) is 0 Å². The average molecular weight is 353 g/mol. The van der Waals surface area contributed by atoms with E-state index in [0.717, 1.165) is 3.57 Å². The Kier molecular flexibility index (Phi) is 5.86. The molecule has 7 heteroatoms. The number of esters is 1. The molecule has 0 aliphatic heterocycles. The normalized spacial score (nSPS) is 12.5. The highest BCUT2D eigenvalue weighted by molar-refractivity contribution is 14.1. The van der Waals surface area contributed by atoms with E-state index >= 15 is 0 Å². The van der Waals surface area contributed by atoms with E-state index in [1.165, 1.54) is 0 Å². The molecule has 96 valence electrons. The summed E-state index contributed by atoms with van der Waals surface area (Å²) in [5.74, 6) is -0.385. The van der Waals surface area contributed by atoms with Gasteiger partial charge in [-0.2, -0.15) is 5.10 Å². The number of rotatable bonds is 6. The lowest BCUT2D eigenvalue weighted by Gasteiger charge is -2.16. The van der Waals surface area contributed by atoms with Gasteiger partial charge in [-0.25, -0.2) is 4.79 Å². The van der Waals surface area contributed by atoms with Crippen LogP contribution in [0.4, 0.5) is 0 Å². The Bertz CT molecular complexity index is 381. The molecule has 1 heterocycles. The maximum Gasteiger partial charge on any atom is 0.357 e. The molecular weight excluding hydrogens is 337 g/mol. The second-order valence-corrected chi connectivity index (χ2v) is 4.51. The molecule has 1 rings (SSSR count). The first-order chi connectivity index (χ1) is 8.15. The smallest absolute Gasteiger partial charge is 0.357 e. The standard InChI is InChI=1S/C10H16IN3O3/c1-3-17-10(15)9-8(11)5-13-14(9)7(4-12)6-16-2/h5,7H,3-4,6,12H2,1-2H3. The van der Waals surface area contributed by atoms with Gasteiger partial charge in [-0.05, 0) is 29.5 Å². The molecule has 1 aromatic rings. The summed E-state index contributed by atoms with van der Waals surface area (Å²) in [4.78, 5) is 11.8. The van der Waals surface area contributed by atoms with Crippen LogP contribution in [-0.4, -0.2) is 42.6 Å². The summed E-state index contributed by atoms with van der Waals surface area (Å²) in [6.07, 6.45) is 1.62. The van der Waals surface area contributed by atoms with Crippen LogP contribution >= 0.6 is 22.6 Å². The van der Waals surface area contributed by atoms with Gasteiger partial charge in [-0.1, -0.05) is 0 Å². The minimum atomic E-state index is -0.385. The number of methoxy groups -OCH3 is 1. The summed E-state index contributed by atoms with van der Waals surface area (Å²) in [6, 6.07) is -0.164. The van der Waals surface area contributed by atoms with Crippen LogP contribution < -0.4 is 5.73 Å². The zero-order valence-corrected chi connectivity index (χ0v) is 12.0. The summed E-state index contributed by atoms with van der Waals surface area (Å²) < 4.78 is 12.4. The minimum absolute atomic E-state index is 0.164. The number of carbonyl (C=O) groups excluding carboxylic acids is 1. The molecular formula is C10H16IN3O3. The molecule has 0 fully saturated rings. The topological polar surface area (TPSA) is 79.4 Å². The van der Waals surface area contributed by atoms with Gasteiger partial charge in [0, 0.05) is 13.7 Å². The SMILES string of the molecule is CCOC(=O)c1c(I)cnn1C(CN)COC. The number of hydrogen-bond donors (Lipinski definition) is 1. The highest BCUT2D eigenvalue weighted by atomic mass is 127. The van der Waals surface area contributed by atoms with Crippen molar-refractivity contribution < 1.29 is 14.3 Å². The van der Waals surface area contributed by atoms with Gasteiger partial charge in [0.2, 0.25) is 0 Å². The van der Waals surface area contributed by atoms with Crippen molar-refractivity contribution in [1.82, 2.24) is 9.78 Å². The number of halogens is 1. The number of hydrogen-bond acceptors (Lipinski definition) is 5. The first-order valence-electron chi connectivity index (χ1n) is 5.24. The average Bonchev–Trinajstić information content (AvgIpc) is 2.68. The van der Waals surface area contributed by atoms with Crippen molar-refractivity contribution in [3.8, 4) is 0 Å². The third-order valence-corrected chi connectivity index (χ3v) is 2.99. The van der Waals surface area contributed by atoms with E-state index in [1.807, 2.05) is 22.6 Å². The molecule has 0 aliphatic carbocycles. The lowest BCUT2D eigenvalue weighted by molar-refractivity contribution is 0.0502. The van der Waals surface area contributed by atoms with Crippen molar-refractivity contribution in [2.24, 2.45) is 5.73 Å². The first-order valence-corrected chi connectivity index (χ1v) is 6.32. The fraction of sp³-hybridized carbons (Fsp3) is 0.600. The highest BCUT2D eigenvalue weighted by Crippen LogP contribution is 2.17. The Morgan fingerprint density at radius 1 is 1.71 bits per heavy atom. The number of nitrogens with two attached hydrogens (primary N) is 1. The van der Waals surface area contributed by atoms with E-state index in [-0.39, 0.29) is 12.0 Å². The van der Waals surface area contributed by atoms with E-state index in [2.05, 4.69) is 5.10 Å². The molecule has 17 heavy (non-hydrogen) atoms. The molecule has 0 saturated heterocycles. The van der Waals surface area contributed by atoms with Crippen molar-refractivity contribution >= 4 is 28.6 Å². The quantitative estimate of drug-likeness (QED) is 0.605. The first kappa shape index (κ1) is 14.4. The van der Waals surface area contributed by atoms with Crippen LogP contribution in [0.25, 0.3) is 0 Å². The van der Waals surface area contributed by atoms with Crippen molar-refractivity contribution in [3.05, 3.63) is 15.5 Å². The van der Waals surface area contributed by atoms with E-state index in [0.29, 0.717) is 25.5 Å². The zero-order chi connectivity index (χ0) is 12.8. The van der Waals surface area contributed by atoms with Crippen LogP contribution in [0.15, 0.2) is 6.20 Å². The predicted octanol–water partition coefficient (Wildman–Crippen LogP) is 0.811. The lowest BCUT2D eigenvalue weighted by Crippen LogP contribution is -2.28. The molecule has 2 N–H and O–H groups in total. The van der Waals surface area contributed by atoms with Gasteiger partial charge < -0.3 is 15.2 Å². The molecule has 1 atom stereocenters. The van der Waals surface area contributed by atoms with Crippen molar-refractivity contribution in [2.75, 3.05) is 26.9 Å². The molecule has 0 bridgehead atoms. The van der Waals surface area contributed by atoms with Crippen LogP contribution in [0, 0.1) is 3.57 Å². The lowest BCUT2D eigenvalue weighted by atomic mass is 10.3. The highest BCUT2D eigenvalue weighted by Gasteiger charge is 2.23. The van der Waals surface area contributed by atoms with E-state index in [9.17, 15) is 4.79 Å². The monoisotopic (exact) mass is 353 g/mol. The summed E-state index contributed by atoms with van der Waals surface area (Å²) in [5.41, 5.74) is 6.08. The van der Waals surface area contributed by atoms with Gasteiger partial charge in [-0.3, -0.25) is 4.68 Å². The molecule has 0 spiro atoms. The van der Waals surface area contributed by atoms with Crippen molar-refractivity contribution in [3.63, 3.8) is 0 Å². The second-order valence-electron chi connectivity index (χ2n) is 3.35. The van der Waals surface area contributed by atoms with Crippen LogP contribution in [0.5, 0.6) is 0 Å². The second kappa shape index (κ2) is 6.92. The zero-order valence-electron chi connectivity index (χ0n) is 9.85. The van der Waals surface area contributed by atoms with Gasteiger partial charge >= 0.3 is 5.97 Å². The summed E-state index contributed by atoms with van der Waals surface area (Å²) in [5, 5.41) is 4.16. The summed E-state index contributed by atoms with van der Waals surface area (Å²) in [6.45, 7) is 2.84. The molecule has 0 saturated carbocycles. The van der Waals surface area contributed by atoms with Gasteiger partial charge in [0.25, 0.3) is 0 Å².